The number of rotatable bonds is 4. The van der Waals surface area contributed by atoms with Gasteiger partial charge in [0.15, 0.2) is 0 Å². The number of aliphatic hydroxyl groups is 1. The predicted molar refractivity (Wildman–Crippen MR) is 78.1 cm³/mol. The van der Waals surface area contributed by atoms with E-state index in [1.807, 2.05) is 19.4 Å². The Morgan fingerprint density at radius 1 is 1.29 bits per heavy atom. The van der Waals surface area contributed by atoms with E-state index in [2.05, 4.69) is 10.00 Å². The summed E-state index contributed by atoms with van der Waals surface area (Å²) in [4.78, 5) is 2.27. The molecule has 0 radical (unpaired) electrons. The molecule has 4 nitrogen and oxygen atoms in total. The van der Waals surface area contributed by atoms with Crippen LogP contribution in [0.1, 0.15) is 17.5 Å². The van der Waals surface area contributed by atoms with Crippen molar-refractivity contribution in [2.45, 2.75) is 31.5 Å². The molecule has 0 bridgehead atoms. The van der Waals surface area contributed by atoms with Gasteiger partial charge in [-0.2, -0.15) is 5.10 Å². The minimum atomic E-state index is -0.314. The molecule has 112 valence electrons. The molecule has 0 spiro atoms. The van der Waals surface area contributed by atoms with Gasteiger partial charge in [-0.1, -0.05) is 12.1 Å². The van der Waals surface area contributed by atoms with Crippen molar-refractivity contribution in [2.24, 2.45) is 7.05 Å². The smallest absolute Gasteiger partial charge is 0.123 e. The number of aromatic nitrogens is 2. The molecular formula is C16H20FN3O. The molecule has 2 aromatic rings. The molecule has 1 aliphatic rings. The molecule has 3 rings (SSSR count). The Bertz CT molecular complexity index is 596. The Balaban J connectivity index is 1.70. The summed E-state index contributed by atoms with van der Waals surface area (Å²) in [5.41, 5.74) is 2.20. The average molecular weight is 289 g/mol. The van der Waals surface area contributed by atoms with Gasteiger partial charge in [0.25, 0.3) is 0 Å². The number of aliphatic hydroxyl groups excluding tert-OH is 1. The molecule has 0 amide bonds. The number of benzene rings is 1. The topological polar surface area (TPSA) is 41.3 Å². The van der Waals surface area contributed by atoms with Crippen LogP contribution in [-0.2, 0) is 20.0 Å². The van der Waals surface area contributed by atoms with Crippen LogP contribution in [0.5, 0.6) is 0 Å². The second kappa shape index (κ2) is 5.95. The quantitative estimate of drug-likeness (QED) is 0.932. The fraction of sp³-hybridized carbons (Fsp3) is 0.438. The summed E-state index contributed by atoms with van der Waals surface area (Å²) in [5, 5.41) is 14.4. The van der Waals surface area contributed by atoms with E-state index in [9.17, 15) is 9.50 Å². The Morgan fingerprint density at radius 2 is 2.05 bits per heavy atom. The summed E-state index contributed by atoms with van der Waals surface area (Å²) in [6.45, 7) is 1.60. The summed E-state index contributed by atoms with van der Waals surface area (Å²) in [6.07, 6.45) is 5.09. The zero-order valence-corrected chi connectivity index (χ0v) is 12.1. The van der Waals surface area contributed by atoms with E-state index in [0.29, 0.717) is 0 Å². The number of likely N-dealkylation sites (tertiary alicyclic amines) is 1. The van der Waals surface area contributed by atoms with Gasteiger partial charge >= 0.3 is 0 Å². The Kier molecular flexibility index (Phi) is 4.03. The van der Waals surface area contributed by atoms with Gasteiger partial charge in [0.1, 0.15) is 5.82 Å². The SMILES string of the molecule is Cn1cc(C[C@@H]2[C@@H](O)CCN2Cc2ccc(F)cc2)cn1. The largest absolute Gasteiger partial charge is 0.391 e. The van der Waals surface area contributed by atoms with Gasteiger partial charge in [-0.05, 0) is 36.1 Å². The number of hydrogen-bond donors (Lipinski definition) is 1. The molecule has 1 aromatic heterocycles. The van der Waals surface area contributed by atoms with E-state index >= 15 is 0 Å². The Morgan fingerprint density at radius 3 is 2.71 bits per heavy atom. The summed E-state index contributed by atoms with van der Waals surface area (Å²) in [6, 6.07) is 6.68. The average Bonchev–Trinajstić information content (AvgIpc) is 3.02. The third kappa shape index (κ3) is 3.31. The van der Waals surface area contributed by atoms with E-state index in [4.69, 9.17) is 0 Å². The molecule has 1 saturated heterocycles. The van der Waals surface area contributed by atoms with Gasteiger partial charge in [0, 0.05) is 32.4 Å². The van der Waals surface area contributed by atoms with Crippen molar-refractivity contribution in [3.8, 4) is 0 Å². The van der Waals surface area contributed by atoms with Crippen LogP contribution in [0.4, 0.5) is 4.39 Å². The van der Waals surface area contributed by atoms with Crippen LogP contribution in [0.3, 0.4) is 0 Å². The molecule has 1 fully saturated rings. The molecule has 1 N–H and O–H groups in total. The zero-order valence-electron chi connectivity index (χ0n) is 12.1. The maximum atomic E-state index is 13.0. The van der Waals surface area contributed by atoms with Crippen LogP contribution >= 0.6 is 0 Å². The van der Waals surface area contributed by atoms with Gasteiger partial charge < -0.3 is 5.11 Å². The number of aryl methyl sites for hydroxylation is 1. The molecule has 0 saturated carbocycles. The maximum absolute atomic E-state index is 13.0. The van der Waals surface area contributed by atoms with Gasteiger partial charge in [0.05, 0.1) is 12.3 Å². The fourth-order valence-corrected chi connectivity index (χ4v) is 3.00. The molecule has 5 heteroatoms. The van der Waals surface area contributed by atoms with E-state index in [1.165, 1.54) is 12.1 Å². The molecule has 0 unspecified atom stereocenters. The van der Waals surface area contributed by atoms with Gasteiger partial charge in [0.2, 0.25) is 0 Å². The van der Waals surface area contributed by atoms with Gasteiger partial charge in [-0.3, -0.25) is 9.58 Å². The van der Waals surface area contributed by atoms with Crippen LogP contribution < -0.4 is 0 Å². The minimum Gasteiger partial charge on any atom is -0.391 e. The maximum Gasteiger partial charge on any atom is 0.123 e. The first-order valence-electron chi connectivity index (χ1n) is 7.26. The normalized spacial score (nSPS) is 22.8. The number of nitrogens with zero attached hydrogens (tertiary/aromatic N) is 3. The fourth-order valence-electron chi connectivity index (χ4n) is 3.00. The molecule has 2 atom stereocenters. The third-order valence-corrected chi connectivity index (χ3v) is 4.13. The van der Waals surface area contributed by atoms with Crippen molar-refractivity contribution in [1.82, 2.24) is 14.7 Å². The number of halogens is 1. The van der Waals surface area contributed by atoms with Crippen molar-refractivity contribution in [3.05, 3.63) is 53.6 Å². The van der Waals surface area contributed by atoms with E-state index in [0.717, 1.165) is 37.1 Å². The van der Waals surface area contributed by atoms with Crippen molar-refractivity contribution < 1.29 is 9.50 Å². The molecule has 21 heavy (non-hydrogen) atoms. The zero-order chi connectivity index (χ0) is 14.8. The first-order chi connectivity index (χ1) is 10.1. The lowest BCUT2D eigenvalue weighted by atomic mass is 10.0. The summed E-state index contributed by atoms with van der Waals surface area (Å²) < 4.78 is 14.7. The third-order valence-electron chi connectivity index (χ3n) is 4.13. The van der Waals surface area contributed by atoms with Crippen LogP contribution in [-0.4, -0.2) is 38.5 Å². The summed E-state index contributed by atoms with van der Waals surface area (Å²) in [7, 11) is 1.89. The van der Waals surface area contributed by atoms with E-state index < -0.39 is 0 Å². The van der Waals surface area contributed by atoms with Crippen LogP contribution in [0.15, 0.2) is 36.7 Å². The first-order valence-corrected chi connectivity index (χ1v) is 7.26. The lowest BCUT2D eigenvalue weighted by Gasteiger charge is -2.26. The highest BCUT2D eigenvalue weighted by Gasteiger charge is 2.32. The second-order valence-electron chi connectivity index (χ2n) is 5.75. The van der Waals surface area contributed by atoms with Crippen LogP contribution in [0.2, 0.25) is 0 Å². The Labute approximate surface area is 123 Å². The van der Waals surface area contributed by atoms with Crippen molar-refractivity contribution in [1.29, 1.82) is 0 Å². The standard InChI is InChI=1S/C16H20FN3O/c1-19-10-13(9-18-19)8-15-16(21)6-7-20(15)11-12-2-4-14(17)5-3-12/h2-5,9-10,15-16,21H,6-8,11H2,1H3/t15-,16+/m1/s1. The molecular weight excluding hydrogens is 269 g/mol. The highest BCUT2D eigenvalue weighted by molar-refractivity contribution is 5.17. The van der Waals surface area contributed by atoms with Crippen LogP contribution in [0, 0.1) is 5.82 Å². The van der Waals surface area contributed by atoms with Crippen molar-refractivity contribution in [3.63, 3.8) is 0 Å². The van der Waals surface area contributed by atoms with E-state index in [1.54, 1.807) is 16.8 Å². The highest BCUT2D eigenvalue weighted by Crippen LogP contribution is 2.24. The Hall–Kier alpha value is -1.72. The van der Waals surface area contributed by atoms with Crippen molar-refractivity contribution in [2.75, 3.05) is 6.54 Å². The number of hydrogen-bond acceptors (Lipinski definition) is 3. The van der Waals surface area contributed by atoms with E-state index in [-0.39, 0.29) is 18.0 Å². The lowest BCUT2D eigenvalue weighted by Crippen LogP contribution is -2.36. The minimum absolute atomic E-state index is 0.0965. The monoisotopic (exact) mass is 289 g/mol. The summed E-state index contributed by atoms with van der Waals surface area (Å²) >= 11 is 0. The lowest BCUT2D eigenvalue weighted by molar-refractivity contribution is 0.112. The first kappa shape index (κ1) is 14.2. The predicted octanol–water partition coefficient (Wildman–Crippen LogP) is 1.74. The highest BCUT2D eigenvalue weighted by atomic mass is 19.1. The summed E-state index contributed by atoms with van der Waals surface area (Å²) in [5.74, 6) is -0.216. The molecule has 1 aliphatic heterocycles. The van der Waals surface area contributed by atoms with Crippen molar-refractivity contribution >= 4 is 0 Å². The second-order valence-corrected chi connectivity index (χ2v) is 5.75. The molecule has 2 heterocycles. The van der Waals surface area contributed by atoms with Crippen LogP contribution in [0.25, 0.3) is 0 Å². The molecule has 1 aromatic carbocycles. The van der Waals surface area contributed by atoms with Gasteiger partial charge in [-0.25, -0.2) is 4.39 Å². The molecule has 0 aliphatic carbocycles. The van der Waals surface area contributed by atoms with Gasteiger partial charge in [-0.15, -0.1) is 0 Å².